The lowest BCUT2D eigenvalue weighted by molar-refractivity contribution is -0.143. The van der Waals surface area contributed by atoms with Gasteiger partial charge in [-0.05, 0) is 47.5 Å². The van der Waals surface area contributed by atoms with E-state index in [1.807, 2.05) is 0 Å². The van der Waals surface area contributed by atoms with Crippen molar-refractivity contribution in [2.24, 2.45) is 0 Å². The lowest BCUT2D eigenvalue weighted by Gasteiger charge is -2.24. The lowest BCUT2D eigenvalue weighted by Crippen LogP contribution is -2.51. The molecule has 2 N–H and O–H groups in total. The van der Waals surface area contributed by atoms with Crippen molar-refractivity contribution in [1.29, 1.82) is 0 Å². The van der Waals surface area contributed by atoms with E-state index in [9.17, 15) is 9.59 Å². The molecular weight excluding hydrogens is 366 g/mol. The number of carbonyl (C=O) groups is 2. The van der Waals surface area contributed by atoms with Crippen molar-refractivity contribution >= 4 is 43.7 Å². The number of halogens is 2. The average molecular weight is 379 g/mol. The smallest absolute Gasteiger partial charge is 0.329 e. The van der Waals surface area contributed by atoms with E-state index in [2.05, 4.69) is 37.2 Å². The second-order valence-electron chi connectivity index (χ2n) is 4.07. The summed E-state index contributed by atoms with van der Waals surface area (Å²) < 4.78 is 1.45. The zero-order chi connectivity index (χ0) is 13.9. The van der Waals surface area contributed by atoms with Crippen LogP contribution in [-0.4, -0.2) is 22.5 Å². The third-order valence-corrected chi connectivity index (χ3v) is 3.89. The Bertz CT molecular complexity index is 490. The highest BCUT2D eigenvalue weighted by Crippen LogP contribution is 2.22. The van der Waals surface area contributed by atoms with Crippen LogP contribution in [0.4, 0.5) is 0 Å². The van der Waals surface area contributed by atoms with Crippen molar-refractivity contribution in [1.82, 2.24) is 5.32 Å². The minimum atomic E-state index is -1.26. The first-order chi connectivity index (χ1) is 8.30. The molecule has 0 bridgehead atoms. The summed E-state index contributed by atoms with van der Waals surface area (Å²) in [6.45, 7) is 3.20. The normalized spacial score (nSPS) is 13.8. The SMILES string of the molecule is CCC(C)(NC(=O)c1ccc(Br)cc1Br)C(=O)O. The van der Waals surface area contributed by atoms with Crippen LogP contribution in [0.1, 0.15) is 30.6 Å². The molecule has 18 heavy (non-hydrogen) atoms. The van der Waals surface area contributed by atoms with Crippen LogP contribution >= 0.6 is 31.9 Å². The van der Waals surface area contributed by atoms with Crippen molar-refractivity contribution < 1.29 is 14.7 Å². The molecule has 1 aromatic rings. The number of hydrogen-bond acceptors (Lipinski definition) is 2. The van der Waals surface area contributed by atoms with Gasteiger partial charge in [0.2, 0.25) is 0 Å². The zero-order valence-corrected chi connectivity index (χ0v) is 13.1. The van der Waals surface area contributed by atoms with Gasteiger partial charge in [-0.2, -0.15) is 0 Å². The summed E-state index contributed by atoms with van der Waals surface area (Å²) in [4.78, 5) is 23.2. The molecule has 1 aromatic carbocycles. The Morgan fingerprint density at radius 3 is 2.44 bits per heavy atom. The van der Waals surface area contributed by atoms with Gasteiger partial charge in [-0.25, -0.2) is 4.79 Å². The second kappa shape index (κ2) is 5.84. The number of hydrogen-bond donors (Lipinski definition) is 2. The summed E-state index contributed by atoms with van der Waals surface area (Å²) in [5.41, 5.74) is -0.858. The maximum atomic E-state index is 12.0. The number of carbonyl (C=O) groups excluding carboxylic acids is 1. The molecule has 0 spiro atoms. The Morgan fingerprint density at radius 1 is 1.39 bits per heavy atom. The Hall–Kier alpha value is -0.880. The Morgan fingerprint density at radius 2 is 2.00 bits per heavy atom. The quantitative estimate of drug-likeness (QED) is 0.845. The Balaban J connectivity index is 2.98. The fourth-order valence-electron chi connectivity index (χ4n) is 1.28. The highest BCUT2D eigenvalue weighted by atomic mass is 79.9. The van der Waals surface area contributed by atoms with Crippen LogP contribution in [0.25, 0.3) is 0 Å². The van der Waals surface area contributed by atoms with E-state index >= 15 is 0 Å². The second-order valence-corrected chi connectivity index (χ2v) is 5.84. The van der Waals surface area contributed by atoms with Crippen molar-refractivity contribution in [2.45, 2.75) is 25.8 Å². The van der Waals surface area contributed by atoms with Crippen molar-refractivity contribution in [3.63, 3.8) is 0 Å². The summed E-state index contributed by atoms with van der Waals surface area (Å²) in [6, 6.07) is 5.09. The van der Waals surface area contributed by atoms with Crippen LogP contribution in [-0.2, 0) is 4.79 Å². The van der Waals surface area contributed by atoms with Crippen LogP contribution in [0, 0.1) is 0 Å². The van der Waals surface area contributed by atoms with E-state index < -0.39 is 17.4 Å². The molecule has 0 aliphatic heterocycles. The third kappa shape index (κ3) is 3.32. The number of nitrogens with one attached hydrogen (secondary N) is 1. The van der Waals surface area contributed by atoms with E-state index in [0.29, 0.717) is 16.5 Å². The van der Waals surface area contributed by atoms with Gasteiger partial charge in [0.15, 0.2) is 0 Å². The maximum absolute atomic E-state index is 12.0. The lowest BCUT2D eigenvalue weighted by atomic mass is 9.98. The summed E-state index contributed by atoms with van der Waals surface area (Å²) in [5.74, 6) is -1.47. The molecule has 4 nitrogen and oxygen atoms in total. The fraction of sp³-hybridized carbons (Fsp3) is 0.333. The van der Waals surface area contributed by atoms with Gasteiger partial charge >= 0.3 is 5.97 Å². The van der Waals surface area contributed by atoms with E-state index in [1.54, 1.807) is 25.1 Å². The van der Waals surface area contributed by atoms with Gasteiger partial charge in [0.1, 0.15) is 5.54 Å². The van der Waals surface area contributed by atoms with E-state index in [0.717, 1.165) is 4.47 Å². The van der Waals surface area contributed by atoms with Gasteiger partial charge in [-0.3, -0.25) is 4.79 Å². The van der Waals surface area contributed by atoms with Gasteiger partial charge in [-0.15, -0.1) is 0 Å². The standard InChI is InChI=1S/C12H13Br2NO3/c1-3-12(2,11(17)18)15-10(16)8-5-4-7(13)6-9(8)14/h4-6H,3H2,1-2H3,(H,15,16)(H,17,18). The first kappa shape index (κ1) is 15.2. The number of carboxylic acids is 1. The molecule has 0 aliphatic carbocycles. The van der Waals surface area contributed by atoms with Crippen LogP contribution in [0.3, 0.4) is 0 Å². The highest BCUT2D eigenvalue weighted by Gasteiger charge is 2.33. The minimum Gasteiger partial charge on any atom is -0.480 e. The third-order valence-electron chi connectivity index (χ3n) is 2.74. The fourth-order valence-corrected chi connectivity index (χ4v) is 2.51. The van der Waals surface area contributed by atoms with Crippen LogP contribution in [0.5, 0.6) is 0 Å². The predicted octanol–water partition coefficient (Wildman–Crippen LogP) is 3.19. The molecule has 1 atom stereocenters. The molecule has 0 heterocycles. The molecular formula is C12H13Br2NO3. The Kier molecular flexibility index (Phi) is 4.92. The van der Waals surface area contributed by atoms with E-state index in [1.165, 1.54) is 6.92 Å². The minimum absolute atomic E-state index is 0.308. The predicted molar refractivity (Wildman–Crippen MR) is 75.6 cm³/mol. The molecule has 0 aromatic heterocycles. The van der Waals surface area contributed by atoms with Gasteiger partial charge in [0.25, 0.3) is 5.91 Å². The number of rotatable bonds is 4. The van der Waals surface area contributed by atoms with E-state index in [4.69, 9.17) is 5.11 Å². The number of aliphatic carboxylic acids is 1. The molecule has 1 amide bonds. The maximum Gasteiger partial charge on any atom is 0.329 e. The van der Waals surface area contributed by atoms with Crippen molar-refractivity contribution in [3.05, 3.63) is 32.7 Å². The Labute approximate surface area is 122 Å². The van der Waals surface area contributed by atoms with Crippen LogP contribution < -0.4 is 5.32 Å². The molecule has 1 rings (SSSR count). The van der Waals surface area contributed by atoms with Crippen LogP contribution in [0.2, 0.25) is 0 Å². The molecule has 0 saturated heterocycles. The molecule has 6 heteroatoms. The summed E-state index contributed by atoms with van der Waals surface area (Å²) in [5, 5.41) is 11.6. The molecule has 0 fully saturated rings. The number of carboxylic acid groups (broad SMARTS) is 1. The van der Waals surface area contributed by atoms with Crippen molar-refractivity contribution in [2.75, 3.05) is 0 Å². The first-order valence-electron chi connectivity index (χ1n) is 5.31. The number of amides is 1. The molecule has 0 aliphatic rings. The summed E-state index contributed by atoms with van der Waals surface area (Å²) in [6.07, 6.45) is 0.308. The molecule has 1 unspecified atom stereocenters. The average Bonchev–Trinajstić information content (AvgIpc) is 2.28. The first-order valence-corrected chi connectivity index (χ1v) is 6.89. The summed E-state index contributed by atoms with van der Waals surface area (Å²) in [7, 11) is 0. The highest BCUT2D eigenvalue weighted by molar-refractivity contribution is 9.11. The van der Waals surface area contributed by atoms with Gasteiger partial charge in [0.05, 0.1) is 5.56 Å². The van der Waals surface area contributed by atoms with Crippen molar-refractivity contribution in [3.8, 4) is 0 Å². The summed E-state index contributed by atoms with van der Waals surface area (Å²) >= 11 is 6.56. The largest absolute Gasteiger partial charge is 0.480 e. The van der Waals surface area contributed by atoms with Gasteiger partial charge in [0, 0.05) is 8.95 Å². The van der Waals surface area contributed by atoms with Gasteiger partial charge < -0.3 is 10.4 Å². The molecule has 0 radical (unpaired) electrons. The molecule has 98 valence electrons. The molecule has 0 saturated carbocycles. The van der Waals surface area contributed by atoms with Crippen LogP contribution in [0.15, 0.2) is 27.1 Å². The van der Waals surface area contributed by atoms with E-state index in [-0.39, 0.29) is 0 Å². The topological polar surface area (TPSA) is 66.4 Å². The zero-order valence-electron chi connectivity index (χ0n) is 9.96. The van der Waals surface area contributed by atoms with Gasteiger partial charge in [-0.1, -0.05) is 22.9 Å². The number of benzene rings is 1. The monoisotopic (exact) mass is 377 g/mol.